The molecule has 5 nitrogen and oxygen atoms in total. The van der Waals surface area contributed by atoms with Crippen LogP contribution in [0.2, 0.25) is 0 Å². The summed E-state index contributed by atoms with van der Waals surface area (Å²) < 4.78 is 6.09. The fourth-order valence-electron chi connectivity index (χ4n) is 6.03. The van der Waals surface area contributed by atoms with Crippen LogP contribution in [0.1, 0.15) is 50.0 Å². The van der Waals surface area contributed by atoms with Crippen molar-refractivity contribution in [1.82, 2.24) is 15.1 Å². The van der Waals surface area contributed by atoms with Crippen molar-refractivity contribution in [2.45, 2.75) is 55.7 Å². The van der Waals surface area contributed by atoms with Crippen LogP contribution in [0.3, 0.4) is 0 Å². The first-order valence-corrected chi connectivity index (χ1v) is 11.3. The van der Waals surface area contributed by atoms with Gasteiger partial charge in [0, 0.05) is 19.0 Å². The summed E-state index contributed by atoms with van der Waals surface area (Å²) in [5.74, 6) is 3.78. The summed E-state index contributed by atoms with van der Waals surface area (Å²) in [4.78, 5) is 14.2. The summed E-state index contributed by atoms with van der Waals surface area (Å²) in [6.45, 7) is 0.614. The molecule has 4 bridgehead atoms. The monoisotopic (exact) mass is 397 g/mol. The van der Waals surface area contributed by atoms with Crippen LogP contribution in [0.5, 0.6) is 0 Å². The fourth-order valence-corrected chi connectivity index (χ4v) is 6.74. The average Bonchev–Trinajstić information content (AvgIpc) is 3.16. The summed E-state index contributed by atoms with van der Waals surface area (Å²) in [6, 6.07) is 10.0. The van der Waals surface area contributed by atoms with Crippen molar-refractivity contribution < 1.29 is 9.21 Å². The molecule has 1 amide bonds. The molecule has 1 heterocycles. The Labute approximate surface area is 170 Å². The van der Waals surface area contributed by atoms with Crippen LogP contribution < -0.4 is 0 Å². The Kier molecular flexibility index (Phi) is 4.69. The molecule has 0 radical (unpaired) electrons. The highest BCUT2D eigenvalue weighted by Gasteiger charge is 2.54. The molecule has 0 aliphatic heterocycles. The molecule has 6 rings (SSSR count). The highest BCUT2D eigenvalue weighted by Crippen LogP contribution is 2.60. The molecule has 4 fully saturated rings. The van der Waals surface area contributed by atoms with Gasteiger partial charge in [-0.05, 0) is 61.8 Å². The zero-order chi connectivity index (χ0) is 19.1. The molecule has 0 spiro atoms. The van der Waals surface area contributed by atoms with Crippen LogP contribution >= 0.6 is 11.8 Å². The topological polar surface area (TPSA) is 59.2 Å². The molecule has 0 atom stereocenters. The maximum absolute atomic E-state index is 12.5. The molecule has 0 unspecified atom stereocenters. The van der Waals surface area contributed by atoms with E-state index in [0.29, 0.717) is 17.5 Å². The van der Waals surface area contributed by atoms with Gasteiger partial charge in [-0.3, -0.25) is 4.79 Å². The lowest BCUT2D eigenvalue weighted by molar-refractivity contribution is -0.127. The molecular formula is C22H27N3O2S. The second kappa shape index (κ2) is 7.21. The first-order valence-electron chi connectivity index (χ1n) is 10.3. The smallest absolute Gasteiger partial charge is 0.277 e. The average molecular weight is 398 g/mol. The molecule has 1 aromatic carbocycles. The second-order valence-electron chi connectivity index (χ2n) is 9.10. The van der Waals surface area contributed by atoms with E-state index in [1.54, 1.807) is 4.90 Å². The molecule has 0 saturated heterocycles. The van der Waals surface area contributed by atoms with Gasteiger partial charge in [-0.2, -0.15) is 0 Å². The third kappa shape index (κ3) is 3.47. The largest absolute Gasteiger partial charge is 0.415 e. The lowest BCUT2D eigenvalue weighted by atomic mass is 9.49. The Morgan fingerprint density at radius 3 is 2.39 bits per heavy atom. The number of thioether (sulfide) groups is 1. The van der Waals surface area contributed by atoms with Crippen LogP contribution in [0.15, 0.2) is 40.0 Å². The summed E-state index contributed by atoms with van der Waals surface area (Å²) in [6.07, 6.45) is 7.84. The molecule has 2 aromatic rings. The quantitative estimate of drug-likeness (QED) is 0.681. The first-order chi connectivity index (χ1) is 13.6. The number of rotatable bonds is 6. The normalized spacial score (nSPS) is 30.5. The van der Waals surface area contributed by atoms with E-state index in [0.717, 1.165) is 29.2 Å². The van der Waals surface area contributed by atoms with Crippen molar-refractivity contribution in [3.05, 3.63) is 41.8 Å². The molecule has 4 saturated carbocycles. The zero-order valence-electron chi connectivity index (χ0n) is 16.3. The van der Waals surface area contributed by atoms with E-state index in [4.69, 9.17) is 4.42 Å². The lowest BCUT2D eigenvalue weighted by Gasteiger charge is -2.55. The van der Waals surface area contributed by atoms with E-state index in [1.165, 1.54) is 50.3 Å². The van der Waals surface area contributed by atoms with Crippen molar-refractivity contribution in [1.29, 1.82) is 0 Å². The summed E-state index contributed by atoms with van der Waals surface area (Å²) in [5.41, 5.74) is 1.25. The number of benzene rings is 1. The summed E-state index contributed by atoms with van der Waals surface area (Å²) >= 11 is 1.36. The van der Waals surface area contributed by atoms with Crippen molar-refractivity contribution >= 4 is 17.7 Å². The number of amides is 1. The predicted octanol–water partition coefficient (Wildman–Crippen LogP) is 4.29. The third-order valence-corrected chi connectivity index (χ3v) is 7.71. The van der Waals surface area contributed by atoms with Crippen LogP contribution in [-0.2, 0) is 16.8 Å². The van der Waals surface area contributed by atoms with Crippen molar-refractivity contribution in [2.75, 3.05) is 12.8 Å². The Bertz CT molecular complexity index is 815. The second-order valence-corrected chi connectivity index (χ2v) is 10.0. The Balaban J connectivity index is 1.20. The highest BCUT2D eigenvalue weighted by molar-refractivity contribution is 7.99. The predicted molar refractivity (Wildman–Crippen MR) is 108 cm³/mol. The van der Waals surface area contributed by atoms with Crippen LogP contribution in [-0.4, -0.2) is 33.8 Å². The molecule has 4 aliphatic carbocycles. The van der Waals surface area contributed by atoms with Gasteiger partial charge in [0.1, 0.15) is 0 Å². The highest BCUT2D eigenvalue weighted by atomic mass is 32.2. The Morgan fingerprint density at radius 1 is 1.11 bits per heavy atom. The van der Waals surface area contributed by atoms with E-state index in [9.17, 15) is 4.79 Å². The fraction of sp³-hybridized carbons (Fsp3) is 0.591. The van der Waals surface area contributed by atoms with Crippen molar-refractivity contribution in [2.24, 2.45) is 17.8 Å². The summed E-state index contributed by atoms with van der Waals surface area (Å²) in [7, 11) is 1.84. The van der Waals surface area contributed by atoms with Gasteiger partial charge >= 0.3 is 0 Å². The minimum atomic E-state index is 0.0726. The van der Waals surface area contributed by atoms with Gasteiger partial charge < -0.3 is 9.32 Å². The van der Waals surface area contributed by atoms with Gasteiger partial charge in [-0.1, -0.05) is 42.1 Å². The number of nitrogens with zero attached hydrogens (tertiary/aromatic N) is 3. The molecule has 148 valence electrons. The van der Waals surface area contributed by atoms with Gasteiger partial charge in [0.05, 0.1) is 5.75 Å². The van der Waals surface area contributed by atoms with E-state index >= 15 is 0 Å². The van der Waals surface area contributed by atoms with Gasteiger partial charge in [0.15, 0.2) is 0 Å². The van der Waals surface area contributed by atoms with Gasteiger partial charge in [-0.15, -0.1) is 10.2 Å². The number of hydrogen-bond acceptors (Lipinski definition) is 5. The van der Waals surface area contributed by atoms with E-state index in [2.05, 4.69) is 10.2 Å². The van der Waals surface area contributed by atoms with Crippen molar-refractivity contribution in [3.63, 3.8) is 0 Å². The van der Waals surface area contributed by atoms with Gasteiger partial charge in [-0.25, -0.2) is 0 Å². The molecule has 0 N–H and O–H groups in total. The molecule has 28 heavy (non-hydrogen) atoms. The van der Waals surface area contributed by atoms with Crippen LogP contribution in [0.4, 0.5) is 0 Å². The number of hydrogen-bond donors (Lipinski definition) is 0. The van der Waals surface area contributed by atoms with E-state index in [1.807, 2.05) is 37.4 Å². The standard InChI is InChI=1S/C22H27N3O2S/c1-25(13-15-5-3-2-4-6-15)19(26)14-28-21-24-23-20(27-21)22-10-16-7-17(11-22)9-18(8-16)12-22/h2-6,16-18H,7-14H2,1H3. The van der Waals surface area contributed by atoms with Gasteiger partial charge in [0.25, 0.3) is 5.22 Å². The Hall–Kier alpha value is -1.82. The van der Waals surface area contributed by atoms with Gasteiger partial charge in [0.2, 0.25) is 11.8 Å². The van der Waals surface area contributed by atoms with E-state index < -0.39 is 0 Å². The number of carbonyl (C=O) groups excluding carboxylic acids is 1. The third-order valence-electron chi connectivity index (χ3n) is 6.91. The molecular weight excluding hydrogens is 370 g/mol. The SMILES string of the molecule is CN(Cc1ccccc1)C(=O)CSc1nnc(C23CC4CC(CC(C4)C2)C3)o1. The Morgan fingerprint density at radius 2 is 1.75 bits per heavy atom. The molecule has 6 heteroatoms. The number of aromatic nitrogens is 2. The van der Waals surface area contributed by atoms with Crippen LogP contribution in [0.25, 0.3) is 0 Å². The first kappa shape index (κ1) is 18.2. The molecule has 4 aliphatic rings. The lowest BCUT2D eigenvalue weighted by Crippen LogP contribution is -2.48. The maximum atomic E-state index is 12.5. The maximum Gasteiger partial charge on any atom is 0.277 e. The van der Waals surface area contributed by atoms with Crippen LogP contribution in [0, 0.1) is 17.8 Å². The zero-order valence-corrected chi connectivity index (χ0v) is 17.2. The summed E-state index contributed by atoms with van der Waals surface area (Å²) in [5, 5.41) is 9.23. The minimum absolute atomic E-state index is 0.0726. The minimum Gasteiger partial charge on any atom is -0.415 e. The molecule has 1 aromatic heterocycles. The number of carbonyl (C=O) groups is 1. The van der Waals surface area contributed by atoms with E-state index in [-0.39, 0.29) is 11.3 Å². The van der Waals surface area contributed by atoms with Crippen molar-refractivity contribution in [3.8, 4) is 0 Å².